The molecule has 0 aliphatic rings. The van der Waals surface area contributed by atoms with Crippen LogP contribution in [0.25, 0.3) is 0 Å². The topological polar surface area (TPSA) is 48.0 Å². The van der Waals surface area contributed by atoms with E-state index in [9.17, 15) is 4.79 Å². The normalized spacial score (nSPS) is 12.8. The van der Waals surface area contributed by atoms with Crippen molar-refractivity contribution in [3.8, 4) is 0 Å². The summed E-state index contributed by atoms with van der Waals surface area (Å²) in [5.41, 5.74) is 0.954. The van der Waals surface area contributed by atoms with Gasteiger partial charge >= 0.3 is 5.97 Å². The Kier molecular flexibility index (Phi) is 9.60. The smallest absolute Gasteiger partial charge is 0.332 e. The SMILES string of the molecule is CCCOC(OCC(=O)OCc1ccccc1)N(C(C)C)C(C)C. The minimum atomic E-state index is -0.547. The standard InChI is InChI=1S/C19H31NO4/c1-6-12-22-19(20(15(2)3)16(4)5)24-14-18(21)23-13-17-10-8-7-9-11-17/h7-11,15-16,19H,6,12-14H2,1-5H3. The highest BCUT2D eigenvalue weighted by Gasteiger charge is 2.26. The van der Waals surface area contributed by atoms with Crippen molar-refractivity contribution in [1.82, 2.24) is 4.90 Å². The lowest BCUT2D eigenvalue weighted by Crippen LogP contribution is -2.48. The second-order valence-electron chi connectivity index (χ2n) is 6.27. The van der Waals surface area contributed by atoms with Crippen molar-refractivity contribution >= 4 is 5.97 Å². The fourth-order valence-electron chi connectivity index (χ4n) is 2.44. The van der Waals surface area contributed by atoms with Crippen LogP contribution in [-0.2, 0) is 25.6 Å². The first kappa shape index (κ1) is 20.6. The van der Waals surface area contributed by atoms with E-state index in [2.05, 4.69) is 32.6 Å². The zero-order valence-corrected chi connectivity index (χ0v) is 15.5. The van der Waals surface area contributed by atoms with Crippen LogP contribution < -0.4 is 0 Å². The average molecular weight is 337 g/mol. The number of hydrogen-bond donors (Lipinski definition) is 0. The monoisotopic (exact) mass is 337 g/mol. The molecule has 1 unspecified atom stereocenters. The minimum absolute atomic E-state index is 0.128. The molecule has 1 atom stereocenters. The molecule has 0 N–H and O–H groups in total. The Hall–Kier alpha value is -1.43. The first-order valence-corrected chi connectivity index (χ1v) is 8.65. The summed E-state index contributed by atoms with van der Waals surface area (Å²) in [4.78, 5) is 14.0. The quantitative estimate of drug-likeness (QED) is 0.456. The fourth-order valence-corrected chi connectivity index (χ4v) is 2.44. The number of rotatable bonds is 11. The number of esters is 1. The molecule has 1 aromatic carbocycles. The molecule has 24 heavy (non-hydrogen) atoms. The van der Waals surface area contributed by atoms with E-state index in [-0.39, 0.29) is 25.3 Å². The molecule has 5 nitrogen and oxygen atoms in total. The van der Waals surface area contributed by atoms with Crippen LogP contribution in [-0.4, -0.2) is 42.6 Å². The van der Waals surface area contributed by atoms with Gasteiger partial charge in [-0.3, -0.25) is 4.90 Å². The van der Waals surface area contributed by atoms with Gasteiger partial charge in [0.05, 0.1) is 6.61 Å². The van der Waals surface area contributed by atoms with Crippen molar-refractivity contribution in [1.29, 1.82) is 0 Å². The first-order valence-electron chi connectivity index (χ1n) is 8.65. The second-order valence-corrected chi connectivity index (χ2v) is 6.27. The highest BCUT2D eigenvalue weighted by molar-refractivity contribution is 5.70. The van der Waals surface area contributed by atoms with E-state index in [0.29, 0.717) is 6.61 Å². The Morgan fingerprint density at radius 2 is 1.67 bits per heavy atom. The summed E-state index contributed by atoms with van der Waals surface area (Å²) in [5.74, 6) is -0.392. The molecule has 0 aliphatic carbocycles. The van der Waals surface area contributed by atoms with E-state index in [4.69, 9.17) is 14.2 Å². The van der Waals surface area contributed by atoms with Crippen LogP contribution in [0, 0.1) is 0 Å². The van der Waals surface area contributed by atoms with Crippen LogP contribution >= 0.6 is 0 Å². The van der Waals surface area contributed by atoms with Crippen molar-refractivity contribution in [3.63, 3.8) is 0 Å². The summed E-state index contributed by atoms with van der Waals surface area (Å²) in [6, 6.07) is 10.1. The van der Waals surface area contributed by atoms with Crippen molar-refractivity contribution in [2.45, 2.75) is 66.1 Å². The van der Waals surface area contributed by atoms with E-state index in [1.165, 1.54) is 0 Å². The number of carbonyl (C=O) groups excluding carboxylic acids is 1. The molecule has 0 saturated carbocycles. The molecule has 1 rings (SSSR count). The summed E-state index contributed by atoms with van der Waals surface area (Å²) in [7, 11) is 0. The molecule has 0 amide bonds. The van der Waals surface area contributed by atoms with Crippen molar-refractivity contribution in [2.24, 2.45) is 0 Å². The van der Waals surface area contributed by atoms with Gasteiger partial charge in [-0.2, -0.15) is 0 Å². The number of benzene rings is 1. The molecule has 0 spiro atoms. The summed E-state index contributed by atoms with van der Waals surface area (Å²) in [5, 5.41) is 0. The minimum Gasteiger partial charge on any atom is -0.459 e. The van der Waals surface area contributed by atoms with Gasteiger partial charge in [-0.1, -0.05) is 37.3 Å². The van der Waals surface area contributed by atoms with E-state index >= 15 is 0 Å². The Bertz CT molecular complexity index is 454. The van der Waals surface area contributed by atoms with Crippen molar-refractivity contribution < 1.29 is 19.0 Å². The summed E-state index contributed by atoms with van der Waals surface area (Å²) in [6.45, 7) is 11.1. The highest BCUT2D eigenvalue weighted by atomic mass is 16.7. The van der Waals surface area contributed by atoms with Crippen LogP contribution in [0.2, 0.25) is 0 Å². The number of hydrogen-bond acceptors (Lipinski definition) is 5. The average Bonchev–Trinajstić information content (AvgIpc) is 2.55. The Labute approximate surface area is 145 Å². The van der Waals surface area contributed by atoms with Crippen LogP contribution in [0.15, 0.2) is 30.3 Å². The first-order chi connectivity index (χ1) is 11.5. The van der Waals surface area contributed by atoms with Gasteiger partial charge in [-0.15, -0.1) is 0 Å². The maximum absolute atomic E-state index is 11.9. The van der Waals surface area contributed by atoms with Gasteiger partial charge < -0.3 is 14.2 Å². The van der Waals surface area contributed by atoms with Gasteiger partial charge in [0, 0.05) is 12.1 Å². The highest BCUT2D eigenvalue weighted by Crippen LogP contribution is 2.14. The lowest BCUT2D eigenvalue weighted by molar-refractivity contribution is -0.243. The summed E-state index contributed by atoms with van der Waals surface area (Å²) in [6.07, 6.45) is 0.344. The van der Waals surface area contributed by atoms with Gasteiger partial charge in [0.25, 0.3) is 0 Å². The van der Waals surface area contributed by atoms with Crippen LogP contribution in [0.1, 0.15) is 46.6 Å². The number of nitrogens with zero attached hydrogens (tertiary/aromatic N) is 1. The van der Waals surface area contributed by atoms with Gasteiger partial charge in [-0.25, -0.2) is 4.79 Å². The maximum Gasteiger partial charge on any atom is 0.332 e. The van der Waals surface area contributed by atoms with E-state index in [0.717, 1.165) is 12.0 Å². The number of ether oxygens (including phenoxy) is 3. The summed E-state index contributed by atoms with van der Waals surface area (Å²) < 4.78 is 16.7. The molecule has 0 aliphatic heterocycles. The molecule has 136 valence electrons. The van der Waals surface area contributed by atoms with Crippen molar-refractivity contribution in [2.75, 3.05) is 13.2 Å². The molecule has 0 fully saturated rings. The molecule has 1 aromatic rings. The molecule has 0 bridgehead atoms. The molecule has 0 radical (unpaired) electrons. The van der Waals surface area contributed by atoms with E-state index in [1.54, 1.807) is 0 Å². The molecular formula is C19H31NO4. The Balaban J connectivity index is 2.52. The number of carbonyl (C=O) groups is 1. The van der Waals surface area contributed by atoms with Crippen molar-refractivity contribution in [3.05, 3.63) is 35.9 Å². The molecule has 0 saturated heterocycles. The molecule has 0 aromatic heterocycles. The lowest BCUT2D eigenvalue weighted by Gasteiger charge is -2.36. The van der Waals surface area contributed by atoms with Crippen LogP contribution in [0.3, 0.4) is 0 Å². The van der Waals surface area contributed by atoms with Crippen LogP contribution in [0.4, 0.5) is 0 Å². The Morgan fingerprint density at radius 1 is 1.04 bits per heavy atom. The third-order valence-corrected chi connectivity index (χ3v) is 3.49. The lowest BCUT2D eigenvalue weighted by atomic mass is 10.2. The third kappa shape index (κ3) is 7.43. The van der Waals surface area contributed by atoms with Gasteiger partial charge in [-0.05, 0) is 39.7 Å². The van der Waals surface area contributed by atoms with Gasteiger partial charge in [0.2, 0.25) is 6.41 Å². The van der Waals surface area contributed by atoms with E-state index in [1.807, 2.05) is 37.3 Å². The zero-order chi connectivity index (χ0) is 17.9. The third-order valence-electron chi connectivity index (χ3n) is 3.49. The predicted molar refractivity (Wildman–Crippen MR) is 94.3 cm³/mol. The van der Waals surface area contributed by atoms with Crippen LogP contribution in [0.5, 0.6) is 0 Å². The molecule has 0 heterocycles. The van der Waals surface area contributed by atoms with E-state index < -0.39 is 12.4 Å². The maximum atomic E-state index is 11.9. The Morgan fingerprint density at radius 3 is 2.21 bits per heavy atom. The largest absolute Gasteiger partial charge is 0.459 e. The van der Waals surface area contributed by atoms with Gasteiger partial charge in [0.15, 0.2) is 0 Å². The predicted octanol–water partition coefficient (Wildman–Crippen LogP) is 3.58. The fraction of sp³-hybridized carbons (Fsp3) is 0.632. The molecular weight excluding hydrogens is 306 g/mol. The molecule has 5 heteroatoms. The second kappa shape index (κ2) is 11.2. The zero-order valence-electron chi connectivity index (χ0n) is 15.5. The van der Waals surface area contributed by atoms with Gasteiger partial charge in [0.1, 0.15) is 13.2 Å². The summed E-state index contributed by atoms with van der Waals surface area (Å²) >= 11 is 0.